The maximum Gasteiger partial charge on any atom is 0.0811 e. The van der Waals surface area contributed by atoms with Crippen molar-refractivity contribution in [2.75, 3.05) is 0 Å². The van der Waals surface area contributed by atoms with Crippen LogP contribution < -0.4 is 0 Å². The molecule has 186 valence electrons. The molecule has 9 aromatic rings. The van der Waals surface area contributed by atoms with Gasteiger partial charge in [0.25, 0.3) is 0 Å². The molecular formula is C36H22N4. The average molecular weight is 511 g/mol. The number of nitrogens with zero attached hydrogens (tertiary/aromatic N) is 4. The number of hydrogen-bond donors (Lipinski definition) is 0. The lowest BCUT2D eigenvalue weighted by molar-refractivity contribution is 1.16. The highest BCUT2D eigenvalue weighted by atomic mass is 15.0. The summed E-state index contributed by atoms with van der Waals surface area (Å²) in [6, 6.07) is 43.0. The molecule has 0 aliphatic carbocycles. The predicted molar refractivity (Wildman–Crippen MR) is 166 cm³/mol. The van der Waals surface area contributed by atoms with Gasteiger partial charge < -0.3 is 9.13 Å². The van der Waals surface area contributed by atoms with E-state index in [2.05, 4.69) is 124 Å². The van der Waals surface area contributed by atoms with Crippen LogP contribution in [-0.4, -0.2) is 19.1 Å². The molecule has 0 aliphatic rings. The van der Waals surface area contributed by atoms with E-state index in [1.165, 1.54) is 38.0 Å². The largest absolute Gasteiger partial charge is 0.307 e. The summed E-state index contributed by atoms with van der Waals surface area (Å²) < 4.78 is 4.86. The number of aromatic nitrogens is 4. The van der Waals surface area contributed by atoms with Gasteiger partial charge in [-0.15, -0.1) is 0 Å². The molecule has 4 nitrogen and oxygen atoms in total. The number of para-hydroxylation sites is 3. The molecule has 0 atom stereocenters. The second-order valence-electron chi connectivity index (χ2n) is 10.2. The van der Waals surface area contributed by atoms with Crippen molar-refractivity contribution in [2.24, 2.45) is 0 Å². The van der Waals surface area contributed by atoms with Crippen molar-refractivity contribution in [2.45, 2.75) is 0 Å². The van der Waals surface area contributed by atoms with Crippen molar-refractivity contribution in [3.05, 3.63) is 134 Å². The summed E-state index contributed by atoms with van der Waals surface area (Å²) in [6.45, 7) is 0. The Kier molecular flexibility index (Phi) is 4.30. The second kappa shape index (κ2) is 8.01. The van der Waals surface area contributed by atoms with Crippen molar-refractivity contribution >= 4 is 65.4 Å². The smallest absolute Gasteiger partial charge is 0.0811 e. The Morgan fingerprint density at radius 2 is 1.05 bits per heavy atom. The number of fused-ring (bicyclic) bond motifs is 11. The van der Waals surface area contributed by atoms with Crippen LogP contribution in [0.1, 0.15) is 0 Å². The number of pyridine rings is 2. The maximum atomic E-state index is 5.03. The zero-order valence-electron chi connectivity index (χ0n) is 21.5. The van der Waals surface area contributed by atoms with Crippen LogP contribution in [0.25, 0.3) is 76.8 Å². The zero-order chi connectivity index (χ0) is 26.2. The quantitative estimate of drug-likeness (QED) is 0.233. The van der Waals surface area contributed by atoms with Crippen molar-refractivity contribution in [3.8, 4) is 11.4 Å². The van der Waals surface area contributed by atoms with Gasteiger partial charge in [0.2, 0.25) is 0 Å². The molecule has 0 saturated heterocycles. The fourth-order valence-corrected chi connectivity index (χ4v) is 6.62. The lowest BCUT2D eigenvalue weighted by Gasteiger charge is -2.15. The molecule has 0 saturated carbocycles. The lowest BCUT2D eigenvalue weighted by atomic mass is 10.0. The molecule has 5 aromatic carbocycles. The Morgan fingerprint density at radius 3 is 1.88 bits per heavy atom. The highest BCUT2D eigenvalue weighted by Gasteiger charge is 2.25. The summed E-state index contributed by atoms with van der Waals surface area (Å²) in [5.74, 6) is 0. The Bertz CT molecular complexity index is 2430. The molecule has 0 bridgehead atoms. The molecule has 0 amide bonds. The monoisotopic (exact) mass is 510 g/mol. The third-order valence-corrected chi connectivity index (χ3v) is 8.17. The molecule has 4 heteroatoms. The first-order valence-electron chi connectivity index (χ1n) is 13.5. The SMILES string of the molecule is c1ccc(-n2c3ccccc3c3c4cccnc4c4c5ccccc5n(-c5cccc6ncccc56)c4c32)cc1. The van der Waals surface area contributed by atoms with E-state index in [4.69, 9.17) is 9.97 Å². The first kappa shape index (κ1) is 21.5. The van der Waals surface area contributed by atoms with Crippen LogP contribution in [0.4, 0.5) is 0 Å². The molecule has 0 spiro atoms. The van der Waals surface area contributed by atoms with Gasteiger partial charge in [-0.05, 0) is 54.6 Å². The molecule has 4 aromatic heterocycles. The summed E-state index contributed by atoms with van der Waals surface area (Å²) >= 11 is 0. The van der Waals surface area contributed by atoms with Gasteiger partial charge in [-0.25, -0.2) is 0 Å². The lowest BCUT2D eigenvalue weighted by Crippen LogP contribution is -2.00. The van der Waals surface area contributed by atoms with E-state index >= 15 is 0 Å². The number of hydrogen-bond acceptors (Lipinski definition) is 2. The third-order valence-electron chi connectivity index (χ3n) is 8.17. The fraction of sp³-hybridized carbons (Fsp3) is 0. The highest BCUT2D eigenvalue weighted by molar-refractivity contribution is 6.35. The molecule has 0 radical (unpaired) electrons. The molecular weight excluding hydrogens is 488 g/mol. The van der Waals surface area contributed by atoms with Gasteiger partial charge >= 0.3 is 0 Å². The van der Waals surface area contributed by atoms with E-state index < -0.39 is 0 Å². The van der Waals surface area contributed by atoms with E-state index in [0.717, 1.165) is 38.8 Å². The molecule has 0 unspecified atom stereocenters. The van der Waals surface area contributed by atoms with E-state index in [1.54, 1.807) is 0 Å². The van der Waals surface area contributed by atoms with Gasteiger partial charge in [-0.3, -0.25) is 9.97 Å². The van der Waals surface area contributed by atoms with Gasteiger partial charge in [0.1, 0.15) is 0 Å². The first-order chi connectivity index (χ1) is 19.9. The van der Waals surface area contributed by atoms with Gasteiger partial charge in [0.15, 0.2) is 0 Å². The molecule has 0 N–H and O–H groups in total. The van der Waals surface area contributed by atoms with E-state index in [-0.39, 0.29) is 0 Å². The minimum Gasteiger partial charge on any atom is -0.307 e. The zero-order valence-corrected chi connectivity index (χ0v) is 21.5. The van der Waals surface area contributed by atoms with Crippen LogP contribution in [0.15, 0.2) is 134 Å². The van der Waals surface area contributed by atoms with Crippen molar-refractivity contribution < 1.29 is 0 Å². The van der Waals surface area contributed by atoms with Gasteiger partial charge in [-0.1, -0.05) is 66.7 Å². The third kappa shape index (κ3) is 2.74. The number of benzene rings is 5. The van der Waals surface area contributed by atoms with E-state index in [9.17, 15) is 0 Å². The van der Waals surface area contributed by atoms with Crippen LogP contribution >= 0.6 is 0 Å². The van der Waals surface area contributed by atoms with Crippen LogP contribution in [0.2, 0.25) is 0 Å². The highest BCUT2D eigenvalue weighted by Crippen LogP contribution is 2.46. The Balaban J connectivity index is 1.67. The van der Waals surface area contributed by atoms with Gasteiger partial charge in [-0.2, -0.15) is 0 Å². The summed E-state index contributed by atoms with van der Waals surface area (Å²) in [5.41, 5.74) is 8.90. The van der Waals surface area contributed by atoms with Crippen LogP contribution in [-0.2, 0) is 0 Å². The minimum atomic E-state index is 0.977. The maximum absolute atomic E-state index is 5.03. The normalized spacial score (nSPS) is 12.0. The van der Waals surface area contributed by atoms with Crippen LogP contribution in [0.5, 0.6) is 0 Å². The van der Waals surface area contributed by atoms with Crippen LogP contribution in [0, 0.1) is 0 Å². The summed E-state index contributed by atoms with van der Waals surface area (Å²) in [6.07, 6.45) is 3.78. The molecule has 0 aliphatic heterocycles. The average Bonchev–Trinajstić information content (AvgIpc) is 3.55. The minimum absolute atomic E-state index is 0.977. The molecule has 4 heterocycles. The van der Waals surface area contributed by atoms with Gasteiger partial charge in [0.05, 0.1) is 38.8 Å². The Morgan fingerprint density at radius 1 is 0.425 bits per heavy atom. The Hall–Kier alpha value is -5.48. The summed E-state index contributed by atoms with van der Waals surface area (Å²) in [4.78, 5) is 9.73. The van der Waals surface area contributed by atoms with E-state index in [1.807, 2.05) is 18.5 Å². The van der Waals surface area contributed by atoms with Crippen molar-refractivity contribution in [1.29, 1.82) is 0 Å². The van der Waals surface area contributed by atoms with E-state index in [0.29, 0.717) is 0 Å². The molecule has 0 fully saturated rings. The van der Waals surface area contributed by atoms with Gasteiger partial charge in [0, 0.05) is 50.4 Å². The standard InChI is InChI=1S/C36H22N4/c1-2-11-23(12-3-1)39-30-18-6-4-13-25(30)32-27-16-10-22-38-34(27)33-26-14-5-7-19-31(26)40(36(33)35(32)39)29-20-8-17-28-24(29)15-9-21-37-28/h1-22H. The summed E-state index contributed by atoms with van der Waals surface area (Å²) in [5, 5.41) is 7.08. The van der Waals surface area contributed by atoms with Crippen molar-refractivity contribution in [3.63, 3.8) is 0 Å². The predicted octanol–water partition coefficient (Wildman–Crippen LogP) is 8.98. The van der Waals surface area contributed by atoms with Crippen molar-refractivity contribution in [1.82, 2.24) is 19.1 Å². The number of rotatable bonds is 2. The molecule has 9 rings (SSSR count). The van der Waals surface area contributed by atoms with Crippen LogP contribution in [0.3, 0.4) is 0 Å². The molecule has 40 heavy (non-hydrogen) atoms. The fourth-order valence-electron chi connectivity index (χ4n) is 6.62. The second-order valence-corrected chi connectivity index (χ2v) is 10.2. The summed E-state index contributed by atoms with van der Waals surface area (Å²) in [7, 11) is 0. The Labute approximate surface area is 229 Å². The topological polar surface area (TPSA) is 35.6 Å². The first-order valence-corrected chi connectivity index (χ1v) is 13.5.